The number of hydrogen-bond donors (Lipinski definition) is 0. The average molecular weight is 452 g/mol. The van der Waals surface area contributed by atoms with E-state index in [1.54, 1.807) is 14.2 Å². The molecule has 0 atom stereocenters. The molecule has 0 saturated carbocycles. The summed E-state index contributed by atoms with van der Waals surface area (Å²) in [6.07, 6.45) is 0. The van der Waals surface area contributed by atoms with Crippen LogP contribution < -0.4 is 25.9 Å². The molecule has 0 heterocycles. The molecule has 0 aliphatic carbocycles. The summed E-state index contributed by atoms with van der Waals surface area (Å²) in [6.45, 7) is -0.0956. The second kappa shape index (κ2) is 8.85. The molecule has 168 valence electrons. The minimum Gasteiger partial charge on any atom is -0.497 e. The number of rotatable bonds is 5. The van der Waals surface area contributed by atoms with Crippen LogP contribution in [-0.2, 0) is 0 Å². The summed E-state index contributed by atoms with van der Waals surface area (Å²) in [5, 5.41) is 7.18. The second-order valence-corrected chi connectivity index (χ2v) is 8.84. The van der Waals surface area contributed by atoms with E-state index in [-0.39, 0.29) is 6.71 Å². The molecule has 0 N–H and O–H groups in total. The minimum atomic E-state index is -0.0956. The van der Waals surface area contributed by atoms with Gasteiger partial charge in [-0.25, -0.2) is 0 Å². The van der Waals surface area contributed by atoms with Crippen LogP contribution in [0.15, 0.2) is 115 Å². The summed E-state index contributed by atoms with van der Waals surface area (Å²) in [5.74, 6) is 1.74. The van der Waals surface area contributed by atoms with E-state index in [0.717, 1.165) is 22.4 Å². The Hall–Kier alpha value is -4.24. The highest BCUT2D eigenvalue weighted by Crippen LogP contribution is 2.25. The number of ether oxygens (including phenoxy) is 2. The quantitative estimate of drug-likeness (QED) is 0.314. The molecule has 6 rings (SSSR count). The lowest BCUT2D eigenvalue weighted by Crippen LogP contribution is -2.53. The third kappa shape index (κ3) is 3.61. The number of fused-ring (bicyclic) bond motifs is 3. The van der Waals surface area contributed by atoms with Crippen molar-refractivity contribution in [3.63, 3.8) is 0 Å². The van der Waals surface area contributed by atoms with E-state index in [9.17, 15) is 0 Å². The van der Waals surface area contributed by atoms with E-state index in [4.69, 9.17) is 9.47 Å². The molecular weight excluding hydrogens is 427 g/mol. The van der Waals surface area contributed by atoms with Crippen LogP contribution in [0.25, 0.3) is 32.3 Å². The summed E-state index contributed by atoms with van der Waals surface area (Å²) in [7, 11) is 3.51. The Kier molecular flexibility index (Phi) is 5.39. The highest BCUT2D eigenvalue weighted by atomic mass is 16.5. The Morgan fingerprint density at radius 3 is 1.46 bits per heavy atom. The molecular formula is C32H25BO2. The highest BCUT2D eigenvalue weighted by Gasteiger charge is 2.31. The van der Waals surface area contributed by atoms with Gasteiger partial charge in [-0.3, -0.25) is 0 Å². The van der Waals surface area contributed by atoms with E-state index in [1.807, 2.05) is 0 Å². The van der Waals surface area contributed by atoms with Gasteiger partial charge in [-0.2, -0.15) is 0 Å². The van der Waals surface area contributed by atoms with Gasteiger partial charge in [-0.05, 0) is 55.4 Å². The smallest absolute Gasteiger partial charge is 0.252 e. The molecule has 0 spiro atoms. The molecule has 0 bridgehead atoms. The first-order valence-electron chi connectivity index (χ1n) is 11.9. The maximum atomic E-state index is 6.01. The van der Waals surface area contributed by atoms with Crippen LogP contribution >= 0.6 is 0 Å². The van der Waals surface area contributed by atoms with Gasteiger partial charge in [-0.1, -0.05) is 109 Å². The van der Waals surface area contributed by atoms with Crippen LogP contribution in [0.3, 0.4) is 0 Å². The minimum absolute atomic E-state index is 0.0956. The monoisotopic (exact) mass is 452 g/mol. The fourth-order valence-corrected chi connectivity index (χ4v) is 5.37. The van der Waals surface area contributed by atoms with Gasteiger partial charge in [0.15, 0.2) is 0 Å². The first-order chi connectivity index (χ1) is 17.3. The van der Waals surface area contributed by atoms with Gasteiger partial charge in [0.25, 0.3) is 6.71 Å². The fraction of sp³-hybridized carbons (Fsp3) is 0.0625. The van der Waals surface area contributed by atoms with Crippen molar-refractivity contribution in [1.29, 1.82) is 0 Å². The Morgan fingerprint density at radius 2 is 0.914 bits per heavy atom. The molecule has 0 unspecified atom stereocenters. The van der Waals surface area contributed by atoms with Crippen molar-refractivity contribution in [1.82, 2.24) is 0 Å². The third-order valence-electron chi connectivity index (χ3n) is 6.99. The molecule has 35 heavy (non-hydrogen) atoms. The first-order valence-corrected chi connectivity index (χ1v) is 11.9. The van der Waals surface area contributed by atoms with Crippen molar-refractivity contribution in [2.45, 2.75) is 0 Å². The Labute approximate surface area is 205 Å². The number of hydrogen-bond acceptors (Lipinski definition) is 2. The Balaban J connectivity index is 1.77. The zero-order valence-electron chi connectivity index (χ0n) is 19.9. The van der Waals surface area contributed by atoms with Gasteiger partial charge < -0.3 is 9.47 Å². The fourth-order valence-electron chi connectivity index (χ4n) is 5.37. The number of methoxy groups -OCH3 is 2. The summed E-state index contributed by atoms with van der Waals surface area (Å²) in [6, 6.07) is 40.8. The van der Waals surface area contributed by atoms with Crippen LogP contribution in [0.5, 0.6) is 11.5 Å². The maximum Gasteiger partial charge on any atom is 0.252 e. The van der Waals surface area contributed by atoms with E-state index in [2.05, 4.69) is 115 Å². The van der Waals surface area contributed by atoms with E-state index in [0.29, 0.717) is 0 Å². The Morgan fingerprint density at radius 1 is 0.457 bits per heavy atom. The van der Waals surface area contributed by atoms with Crippen molar-refractivity contribution in [3.8, 4) is 11.5 Å². The van der Waals surface area contributed by atoms with Crippen molar-refractivity contribution in [3.05, 3.63) is 115 Å². The predicted molar refractivity (Wildman–Crippen MR) is 150 cm³/mol. The normalized spacial score (nSPS) is 11.1. The molecule has 2 nitrogen and oxygen atoms in total. The summed E-state index contributed by atoms with van der Waals surface area (Å²) in [5.41, 5.74) is 3.50. The van der Waals surface area contributed by atoms with Crippen molar-refractivity contribution in [2.75, 3.05) is 14.2 Å². The van der Waals surface area contributed by atoms with Crippen LogP contribution in [0.2, 0.25) is 0 Å². The highest BCUT2D eigenvalue weighted by molar-refractivity contribution is 6.99. The van der Waals surface area contributed by atoms with E-state index >= 15 is 0 Å². The predicted octanol–water partition coefficient (Wildman–Crippen LogP) is 5.68. The van der Waals surface area contributed by atoms with Crippen molar-refractivity contribution >= 4 is 55.4 Å². The van der Waals surface area contributed by atoms with Crippen LogP contribution in [0.1, 0.15) is 0 Å². The number of benzene rings is 6. The molecule has 6 aromatic rings. The van der Waals surface area contributed by atoms with Gasteiger partial charge in [0, 0.05) is 0 Å². The summed E-state index contributed by atoms with van der Waals surface area (Å²) < 4.78 is 12.0. The molecule has 0 fully saturated rings. The average Bonchev–Trinajstić information content (AvgIpc) is 2.93. The molecule has 0 amide bonds. The lowest BCUT2D eigenvalue weighted by atomic mass is 9.35. The van der Waals surface area contributed by atoms with Crippen LogP contribution in [0.4, 0.5) is 0 Å². The third-order valence-corrected chi connectivity index (χ3v) is 6.99. The van der Waals surface area contributed by atoms with Crippen LogP contribution in [0, 0.1) is 0 Å². The largest absolute Gasteiger partial charge is 0.497 e. The molecule has 0 aliphatic heterocycles. The van der Waals surface area contributed by atoms with Crippen LogP contribution in [-0.4, -0.2) is 20.9 Å². The summed E-state index contributed by atoms with van der Waals surface area (Å²) >= 11 is 0. The zero-order valence-corrected chi connectivity index (χ0v) is 19.9. The van der Waals surface area contributed by atoms with Gasteiger partial charge in [0.05, 0.1) is 14.2 Å². The summed E-state index contributed by atoms with van der Waals surface area (Å²) in [4.78, 5) is 0. The molecule has 0 radical (unpaired) electrons. The van der Waals surface area contributed by atoms with Gasteiger partial charge >= 0.3 is 0 Å². The van der Waals surface area contributed by atoms with Crippen molar-refractivity contribution < 1.29 is 9.47 Å². The van der Waals surface area contributed by atoms with Gasteiger partial charge in [0.2, 0.25) is 0 Å². The molecule has 6 aromatic carbocycles. The molecule has 3 heteroatoms. The van der Waals surface area contributed by atoms with Crippen molar-refractivity contribution in [2.24, 2.45) is 0 Å². The second-order valence-electron chi connectivity index (χ2n) is 8.84. The molecule has 0 aromatic heterocycles. The van der Waals surface area contributed by atoms with E-state index in [1.165, 1.54) is 37.8 Å². The molecule has 0 aliphatic rings. The van der Waals surface area contributed by atoms with E-state index < -0.39 is 0 Å². The topological polar surface area (TPSA) is 18.5 Å². The first kappa shape index (κ1) is 21.3. The maximum absolute atomic E-state index is 6.01. The van der Waals surface area contributed by atoms with Gasteiger partial charge in [0.1, 0.15) is 11.5 Å². The standard InChI is InChI=1S/C32H25BO2/c1-34-29-19-16-23-10-5-7-13-27(23)31(29)33(26-18-15-22-9-3-4-12-25(22)21-26)32-28-14-8-6-11-24(28)17-20-30(32)35-2/h3-21H,1-2H3. The lowest BCUT2D eigenvalue weighted by Gasteiger charge is -2.24. The zero-order chi connectivity index (χ0) is 23.8. The molecule has 0 saturated heterocycles. The lowest BCUT2D eigenvalue weighted by molar-refractivity contribution is 0.417. The SMILES string of the molecule is COc1ccc2ccccc2c1B(c1ccc2ccccc2c1)c1c(OC)ccc2ccccc12. The Bertz CT molecular complexity index is 1600. The van der Waals surface area contributed by atoms with Gasteiger partial charge in [-0.15, -0.1) is 0 Å².